The number of nitrogens with zero attached hydrogens (tertiary/aromatic N) is 1. The second kappa shape index (κ2) is 15.5. The summed E-state index contributed by atoms with van der Waals surface area (Å²) in [6.07, 6.45) is -0.0191. The van der Waals surface area contributed by atoms with Crippen LogP contribution in [-0.2, 0) is 14.4 Å². The van der Waals surface area contributed by atoms with Gasteiger partial charge in [-0.3, -0.25) is 14.4 Å². The van der Waals surface area contributed by atoms with E-state index < -0.39 is 101 Å². The maximum Gasteiger partial charge on any atom is 0.273 e. The number of phenolic OH excluding ortho intramolecular Hbond substituents is 2. The Hall–Kier alpha value is -3.92. The minimum Gasteiger partial charge on any atom is -0.507 e. The van der Waals surface area contributed by atoms with E-state index in [0.29, 0.717) is 0 Å². The van der Waals surface area contributed by atoms with Gasteiger partial charge >= 0.3 is 0 Å². The Morgan fingerprint density at radius 1 is 0.771 bits per heavy atom. The van der Waals surface area contributed by atoms with Gasteiger partial charge < -0.3 is 35.7 Å². The number of amides is 1. The highest BCUT2D eigenvalue weighted by molar-refractivity contribution is 6.46. The third kappa shape index (κ3) is 7.69. The molecule has 7 N–H and O–H groups in total. The smallest absolute Gasteiger partial charge is 0.273 e. The number of aliphatic hydroxyl groups excluding tert-OH is 5. The number of carbonyl (C=O) groups is 3. The van der Waals surface area contributed by atoms with Crippen molar-refractivity contribution in [2.45, 2.75) is 85.9 Å². The predicted octanol–water partition coefficient (Wildman–Crippen LogP) is 1.61. The lowest BCUT2D eigenvalue weighted by atomic mass is 9.77. The summed E-state index contributed by atoms with van der Waals surface area (Å²) < 4.78 is 0. The Balaban J connectivity index is 2.30. The van der Waals surface area contributed by atoms with E-state index in [9.17, 15) is 50.1 Å². The zero-order chi connectivity index (χ0) is 36.4. The van der Waals surface area contributed by atoms with Crippen LogP contribution in [0.2, 0.25) is 0 Å². The molecular formula is C37H47NO10. The third-order valence-corrected chi connectivity index (χ3v) is 9.78. The van der Waals surface area contributed by atoms with E-state index in [4.69, 9.17) is 0 Å². The Morgan fingerprint density at radius 2 is 1.31 bits per heavy atom. The summed E-state index contributed by atoms with van der Waals surface area (Å²) in [5, 5.41) is 76.4. The lowest BCUT2D eigenvalue weighted by Crippen LogP contribution is -2.45. The van der Waals surface area contributed by atoms with Crippen LogP contribution >= 0.6 is 0 Å². The monoisotopic (exact) mass is 665 g/mol. The molecule has 3 aliphatic rings. The summed E-state index contributed by atoms with van der Waals surface area (Å²) in [4.78, 5) is 43.8. The molecule has 0 fully saturated rings. The first kappa shape index (κ1) is 38.5. The molecule has 0 saturated carbocycles. The van der Waals surface area contributed by atoms with Gasteiger partial charge in [-0.05, 0) is 19.9 Å². The minimum absolute atomic E-state index is 0.0976. The molecule has 0 spiro atoms. The highest BCUT2D eigenvalue weighted by atomic mass is 16.3. The van der Waals surface area contributed by atoms with Crippen LogP contribution in [0.25, 0.3) is 5.57 Å². The van der Waals surface area contributed by atoms with Crippen LogP contribution in [-0.4, -0.2) is 77.6 Å². The molecule has 4 bridgehead atoms. The number of Topliss-reactive ketones (excluding diaryl/α,β-unsaturated/α-hetero) is 2. The maximum atomic E-state index is 13.6. The fraction of sp³-hybridized carbons (Fsp3) is 0.514. The SMILES string of the molecule is CC1=C=C=CC(C)[C@H](O)[C@@H](C)[C@@H](O)[C@H](C)[C@H](O)[C@H](C)[C@@H](O)[C@@H](C)/C=C/C=C(/C)C(=O)N=c2cc(O)c3c(c2O)C(O)C(C)C(=O)C=3C1=O. The maximum absolute atomic E-state index is 13.6. The van der Waals surface area contributed by atoms with Gasteiger partial charge in [-0.15, -0.1) is 0 Å². The van der Waals surface area contributed by atoms with Crippen LogP contribution in [0.15, 0.2) is 58.0 Å². The highest BCUT2D eigenvalue weighted by Gasteiger charge is 2.40. The van der Waals surface area contributed by atoms with Crippen LogP contribution < -0.4 is 10.6 Å². The minimum atomic E-state index is -1.63. The first-order valence-electron chi connectivity index (χ1n) is 16.1. The average Bonchev–Trinajstić information content (AvgIpc) is 3.05. The van der Waals surface area contributed by atoms with Crippen LogP contribution in [0.4, 0.5) is 0 Å². The van der Waals surface area contributed by atoms with E-state index in [2.05, 4.69) is 16.5 Å². The Bertz CT molecular complexity index is 1740. The number of carbonyl (C=O) groups excluding carboxylic acids is 3. The predicted molar refractivity (Wildman–Crippen MR) is 177 cm³/mol. The fourth-order valence-corrected chi connectivity index (χ4v) is 6.17. The van der Waals surface area contributed by atoms with Crippen molar-refractivity contribution in [3.8, 4) is 11.5 Å². The number of hydrogen-bond acceptors (Lipinski definition) is 10. The quantitative estimate of drug-likeness (QED) is 0.158. The lowest BCUT2D eigenvalue weighted by molar-refractivity contribution is -0.122. The normalized spacial score (nSPS) is 36.1. The van der Waals surface area contributed by atoms with E-state index >= 15 is 0 Å². The van der Waals surface area contributed by atoms with E-state index in [1.165, 1.54) is 39.0 Å². The largest absolute Gasteiger partial charge is 0.507 e. The van der Waals surface area contributed by atoms with Gasteiger partial charge in [0, 0.05) is 57.6 Å². The topological polar surface area (TPSA) is 205 Å². The van der Waals surface area contributed by atoms with Crippen molar-refractivity contribution in [1.82, 2.24) is 0 Å². The second-order valence-electron chi connectivity index (χ2n) is 13.3. The summed E-state index contributed by atoms with van der Waals surface area (Å²) in [7, 11) is 0. The highest BCUT2D eigenvalue weighted by Crippen LogP contribution is 2.34. The van der Waals surface area contributed by atoms with Crippen molar-refractivity contribution < 1.29 is 50.1 Å². The zero-order valence-electron chi connectivity index (χ0n) is 28.5. The van der Waals surface area contributed by atoms with Gasteiger partial charge in [-0.1, -0.05) is 71.2 Å². The lowest BCUT2D eigenvalue weighted by Gasteiger charge is -2.36. The molecular weight excluding hydrogens is 618 g/mol. The molecule has 11 nitrogen and oxygen atoms in total. The number of hydrogen-bond donors (Lipinski definition) is 7. The average molecular weight is 666 g/mol. The number of allylic oxidation sites excluding steroid dienone is 3. The van der Waals surface area contributed by atoms with Crippen LogP contribution in [0, 0.1) is 35.5 Å². The van der Waals surface area contributed by atoms with Crippen LogP contribution in [0.3, 0.4) is 0 Å². The van der Waals surface area contributed by atoms with Gasteiger partial charge in [0.25, 0.3) is 5.91 Å². The van der Waals surface area contributed by atoms with Gasteiger partial charge in [-0.2, -0.15) is 0 Å². The molecule has 48 heavy (non-hydrogen) atoms. The van der Waals surface area contributed by atoms with E-state index in [0.717, 1.165) is 6.07 Å². The Labute approximate surface area is 280 Å². The second-order valence-corrected chi connectivity index (χ2v) is 13.3. The zero-order valence-corrected chi connectivity index (χ0v) is 28.5. The van der Waals surface area contributed by atoms with Crippen LogP contribution in [0.5, 0.6) is 11.5 Å². The summed E-state index contributed by atoms with van der Waals surface area (Å²) >= 11 is 0. The summed E-state index contributed by atoms with van der Waals surface area (Å²) in [5.74, 6) is -8.17. The van der Waals surface area contributed by atoms with Gasteiger partial charge in [0.15, 0.2) is 5.78 Å². The van der Waals surface area contributed by atoms with E-state index in [-0.39, 0.29) is 27.3 Å². The molecule has 2 heterocycles. The number of benzene rings is 1. The molecule has 1 aromatic carbocycles. The molecule has 0 radical (unpaired) electrons. The Morgan fingerprint density at radius 3 is 1.90 bits per heavy atom. The number of fused-ring (bicyclic) bond motifs is 15. The molecule has 0 saturated heterocycles. The van der Waals surface area contributed by atoms with Gasteiger partial charge in [-0.25, -0.2) is 4.99 Å². The number of phenols is 2. The number of ketones is 2. The molecule has 1 aromatic rings. The van der Waals surface area contributed by atoms with Crippen LogP contribution in [0.1, 0.15) is 67.1 Å². The Kier molecular flexibility index (Phi) is 12.5. The molecule has 3 unspecified atom stereocenters. The standard InChI is InChI=1S/C37H47NO10/c1-16-11-9-13-18(3)31(42)27-26-25(39)15-24(36(47)28(26)35(46)23(8)34(27)45)38-37(48)19(4)14-10-12-17(2)30(41)21(6)33(44)22(7)32(43)20(5)29(16)40/h10-12,14-17,20-23,29-30,32-33,35,39-41,43-44,46-47H,1-8H3/b12-10+,18-11?,19-14-,38-24?/t16?,17-,20+,21+,22-,23?,29-,30-,32+,33+,35?/m0/s1. The van der Waals surface area contributed by atoms with Crippen molar-refractivity contribution in [2.75, 3.05) is 0 Å². The molecule has 11 heteroatoms. The molecule has 1 aliphatic carbocycles. The fourth-order valence-electron chi connectivity index (χ4n) is 6.17. The molecule has 2 aliphatic heterocycles. The third-order valence-electron chi connectivity index (χ3n) is 9.78. The molecule has 0 aromatic heterocycles. The van der Waals surface area contributed by atoms with Gasteiger partial charge in [0.05, 0.1) is 42.0 Å². The van der Waals surface area contributed by atoms with Crippen molar-refractivity contribution >= 4 is 23.0 Å². The number of rotatable bonds is 0. The van der Waals surface area contributed by atoms with Crippen molar-refractivity contribution in [2.24, 2.45) is 40.5 Å². The summed E-state index contributed by atoms with van der Waals surface area (Å²) in [5.41, 5.74) is 4.57. The first-order valence-corrected chi connectivity index (χ1v) is 16.1. The van der Waals surface area contributed by atoms with Crippen molar-refractivity contribution in [1.29, 1.82) is 0 Å². The summed E-state index contributed by atoms with van der Waals surface area (Å²) in [6, 6.07) is 0.930. The van der Waals surface area contributed by atoms with Crippen molar-refractivity contribution in [3.05, 3.63) is 69.1 Å². The molecule has 11 atom stereocenters. The van der Waals surface area contributed by atoms with Gasteiger partial charge in [0.2, 0.25) is 5.78 Å². The number of aliphatic hydroxyl groups is 5. The van der Waals surface area contributed by atoms with Crippen molar-refractivity contribution in [3.63, 3.8) is 0 Å². The first-order chi connectivity index (χ1) is 22.3. The van der Waals surface area contributed by atoms with Gasteiger partial charge in [0.1, 0.15) is 16.9 Å². The van der Waals surface area contributed by atoms with E-state index in [1.807, 2.05) is 0 Å². The van der Waals surface area contributed by atoms with E-state index in [1.54, 1.807) is 40.7 Å². The molecule has 260 valence electrons. The molecule has 4 rings (SSSR count). The number of aromatic hydroxyl groups is 2. The molecule has 1 amide bonds. The summed E-state index contributed by atoms with van der Waals surface area (Å²) in [6.45, 7) is 12.5.